The maximum atomic E-state index is 13.4. The number of rotatable bonds is 10. The number of fused-ring (bicyclic) bond motifs is 1. The van der Waals surface area contributed by atoms with Crippen LogP contribution >= 0.6 is 0 Å². The molecular weight excluding hydrogens is 493 g/mol. The Morgan fingerprint density at radius 1 is 1.14 bits per heavy atom. The SMILES string of the molecule is CCCc1c(OCCCCCn2c(O)cn(-c3cnccn3)c2=O)ccc2c(C(F)(F)F)cc(=O)oc12. The fraction of sp³-hybridized carbons (Fsp3) is 0.360. The zero-order chi connectivity index (χ0) is 26.6. The lowest BCUT2D eigenvalue weighted by molar-refractivity contribution is -0.136. The van der Waals surface area contributed by atoms with Crippen molar-refractivity contribution in [1.29, 1.82) is 0 Å². The predicted octanol–water partition coefficient (Wildman–Crippen LogP) is 4.46. The van der Waals surface area contributed by atoms with E-state index in [9.17, 15) is 27.9 Å². The van der Waals surface area contributed by atoms with Gasteiger partial charge in [0.05, 0.1) is 24.6 Å². The summed E-state index contributed by atoms with van der Waals surface area (Å²) in [5.74, 6) is 0.477. The number of aromatic hydroxyl groups is 1. The second-order valence-corrected chi connectivity index (χ2v) is 8.41. The minimum Gasteiger partial charge on any atom is -0.493 e. The van der Waals surface area contributed by atoms with Crippen molar-refractivity contribution in [2.45, 2.75) is 51.7 Å². The molecular formula is C25H25F3N4O5. The van der Waals surface area contributed by atoms with E-state index in [4.69, 9.17) is 9.15 Å². The van der Waals surface area contributed by atoms with E-state index in [0.29, 0.717) is 55.3 Å². The molecule has 1 N–H and O–H groups in total. The molecule has 4 aromatic rings. The van der Waals surface area contributed by atoms with Crippen molar-refractivity contribution in [2.24, 2.45) is 0 Å². The van der Waals surface area contributed by atoms with Gasteiger partial charge in [0.15, 0.2) is 5.82 Å². The summed E-state index contributed by atoms with van der Waals surface area (Å²) in [6.07, 6.45) is 3.75. The van der Waals surface area contributed by atoms with Gasteiger partial charge in [-0.05, 0) is 37.8 Å². The summed E-state index contributed by atoms with van der Waals surface area (Å²) in [5.41, 5.74) is -2.23. The van der Waals surface area contributed by atoms with Gasteiger partial charge in [0.2, 0.25) is 5.88 Å². The first-order valence-corrected chi connectivity index (χ1v) is 11.8. The summed E-state index contributed by atoms with van der Waals surface area (Å²) in [4.78, 5) is 32.4. The van der Waals surface area contributed by atoms with Gasteiger partial charge in [-0.3, -0.25) is 9.55 Å². The average Bonchev–Trinajstić information content (AvgIpc) is 3.15. The molecule has 0 bridgehead atoms. The van der Waals surface area contributed by atoms with Gasteiger partial charge in [0.1, 0.15) is 11.3 Å². The summed E-state index contributed by atoms with van der Waals surface area (Å²) in [5, 5.41) is 9.97. The third kappa shape index (κ3) is 5.68. The maximum Gasteiger partial charge on any atom is 0.417 e. The monoisotopic (exact) mass is 518 g/mol. The Bertz CT molecular complexity index is 1490. The van der Waals surface area contributed by atoms with Crippen LogP contribution in [-0.2, 0) is 19.1 Å². The van der Waals surface area contributed by atoms with Gasteiger partial charge in [-0.15, -0.1) is 0 Å². The number of benzene rings is 1. The molecule has 0 aliphatic carbocycles. The van der Waals surface area contributed by atoms with Crippen molar-refractivity contribution in [3.05, 3.63) is 75.0 Å². The van der Waals surface area contributed by atoms with Gasteiger partial charge in [-0.2, -0.15) is 13.2 Å². The van der Waals surface area contributed by atoms with Gasteiger partial charge >= 0.3 is 17.5 Å². The Kier molecular flexibility index (Phi) is 7.65. The second-order valence-electron chi connectivity index (χ2n) is 8.41. The second kappa shape index (κ2) is 10.9. The van der Waals surface area contributed by atoms with Gasteiger partial charge in [0, 0.05) is 36.0 Å². The lowest BCUT2D eigenvalue weighted by Gasteiger charge is -2.15. The van der Waals surface area contributed by atoms with Crippen LogP contribution in [-0.4, -0.2) is 30.8 Å². The molecule has 37 heavy (non-hydrogen) atoms. The lowest BCUT2D eigenvalue weighted by Crippen LogP contribution is -2.23. The van der Waals surface area contributed by atoms with Gasteiger partial charge in [-0.25, -0.2) is 19.1 Å². The molecule has 0 amide bonds. The fourth-order valence-corrected chi connectivity index (χ4v) is 4.11. The number of halogens is 3. The Balaban J connectivity index is 1.40. The van der Waals surface area contributed by atoms with E-state index >= 15 is 0 Å². The lowest BCUT2D eigenvalue weighted by atomic mass is 10.0. The van der Waals surface area contributed by atoms with Crippen molar-refractivity contribution in [3.8, 4) is 17.4 Å². The molecule has 0 saturated heterocycles. The molecule has 1 aromatic carbocycles. The van der Waals surface area contributed by atoms with E-state index in [-0.39, 0.29) is 30.0 Å². The van der Waals surface area contributed by atoms with Crippen molar-refractivity contribution >= 4 is 11.0 Å². The molecule has 4 rings (SSSR count). The number of hydrogen-bond acceptors (Lipinski definition) is 7. The Morgan fingerprint density at radius 2 is 1.95 bits per heavy atom. The van der Waals surface area contributed by atoms with Crippen molar-refractivity contribution in [2.75, 3.05) is 6.61 Å². The van der Waals surface area contributed by atoms with Crippen LogP contribution in [0.5, 0.6) is 11.6 Å². The van der Waals surface area contributed by atoms with Crippen LogP contribution in [0.4, 0.5) is 13.2 Å². The van der Waals surface area contributed by atoms with Gasteiger partial charge in [0.25, 0.3) is 0 Å². The molecule has 0 spiro atoms. The predicted molar refractivity (Wildman–Crippen MR) is 128 cm³/mol. The molecule has 9 nitrogen and oxygen atoms in total. The fourth-order valence-electron chi connectivity index (χ4n) is 4.11. The average molecular weight is 518 g/mol. The summed E-state index contributed by atoms with van der Waals surface area (Å²) in [6.45, 7) is 2.41. The molecule has 0 radical (unpaired) electrons. The first kappa shape index (κ1) is 26.0. The Hall–Kier alpha value is -4.09. The Morgan fingerprint density at radius 3 is 2.65 bits per heavy atom. The summed E-state index contributed by atoms with van der Waals surface area (Å²) in [7, 11) is 0. The highest BCUT2D eigenvalue weighted by Crippen LogP contribution is 2.37. The first-order chi connectivity index (χ1) is 17.7. The number of unbranched alkanes of at least 4 members (excludes halogenated alkanes) is 2. The molecule has 3 aromatic heterocycles. The van der Waals surface area contributed by atoms with E-state index in [0.717, 1.165) is 0 Å². The zero-order valence-electron chi connectivity index (χ0n) is 20.0. The number of hydrogen-bond donors (Lipinski definition) is 1. The highest BCUT2D eigenvalue weighted by Gasteiger charge is 2.34. The van der Waals surface area contributed by atoms with Crippen LogP contribution < -0.4 is 16.1 Å². The molecule has 196 valence electrons. The Labute approximate surface area is 208 Å². The standard InChI is InChI=1S/C25H25F3N4O5/c1-2-6-17-19(8-7-16-18(25(26,27)28)13-22(34)37-23(16)17)36-12-5-3-4-11-31-21(33)15-32(24(31)35)20-14-29-9-10-30-20/h7-10,13-15,33H,2-6,11-12H2,1H3. The number of imidazole rings is 1. The molecule has 0 saturated carbocycles. The van der Waals surface area contributed by atoms with Crippen LogP contribution in [0.1, 0.15) is 43.7 Å². The third-order valence-corrected chi connectivity index (χ3v) is 5.82. The molecule has 0 aliphatic heterocycles. The summed E-state index contributed by atoms with van der Waals surface area (Å²) in [6, 6.07) is 3.19. The zero-order valence-corrected chi connectivity index (χ0v) is 20.0. The molecule has 0 aliphatic rings. The number of aryl methyl sites for hydroxylation is 1. The molecule has 12 heteroatoms. The van der Waals surface area contributed by atoms with Crippen LogP contribution in [0.15, 0.2) is 57.0 Å². The normalized spacial score (nSPS) is 11.8. The van der Waals surface area contributed by atoms with E-state index in [1.165, 1.54) is 46.1 Å². The van der Waals surface area contributed by atoms with Crippen molar-refractivity contribution in [1.82, 2.24) is 19.1 Å². The number of nitrogens with zero attached hydrogens (tertiary/aromatic N) is 4. The van der Waals surface area contributed by atoms with E-state index in [2.05, 4.69) is 9.97 Å². The smallest absolute Gasteiger partial charge is 0.417 e. The van der Waals surface area contributed by atoms with Crippen LogP contribution in [0.2, 0.25) is 0 Å². The summed E-state index contributed by atoms with van der Waals surface area (Å²) < 4.78 is 53.8. The molecule has 0 atom stereocenters. The molecule has 3 heterocycles. The van der Waals surface area contributed by atoms with Gasteiger partial charge in [-0.1, -0.05) is 13.3 Å². The minimum atomic E-state index is -4.69. The molecule has 0 fully saturated rings. The largest absolute Gasteiger partial charge is 0.493 e. The maximum absolute atomic E-state index is 13.4. The number of alkyl halides is 3. The van der Waals surface area contributed by atoms with Crippen LogP contribution in [0.25, 0.3) is 16.8 Å². The van der Waals surface area contributed by atoms with Crippen molar-refractivity contribution < 1.29 is 27.4 Å². The summed E-state index contributed by atoms with van der Waals surface area (Å²) >= 11 is 0. The van der Waals surface area contributed by atoms with Crippen LogP contribution in [0.3, 0.4) is 0 Å². The van der Waals surface area contributed by atoms with Gasteiger partial charge < -0.3 is 14.3 Å². The highest BCUT2D eigenvalue weighted by atomic mass is 19.4. The first-order valence-electron chi connectivity index (χ1n) is 11.8. The van der Waals surface area contributed by atoms with E-state index in [1.807, 2.05) is 6.92 Å². The highest BCUT2D eigenvalue weighted by molar-refractivity contribution is 5.85. The van der Waals surface area contributed by atoms with E-state index in [1.54, 1.807) is 0 Å². The van der Waals surface area contributed by atoms with Crippen molar-refractivity contribution in [3.63, 3.8) is 0 Å². The third-order valence-electron chi connectivity index (χ3n) is 5.82. The topological polar surface area (TPSA) is 112 Å². The quantitative estimate of drug-likeness (QED) is 0.244. The number of aromatic nitrogens is 4. The molecule has 0 unspecified atom stereocenters. The van der Waals surface area contributed by atoms with E-state index < -0.39 is 23.1 Å². The minimum absolute atomic E-state index is 0.110. The van der Waals surface area contributed by atoms with Crippen LogP contribution in [0, 0.1) is 0 Å². The number of ether oxygens (including phenoxy) is 1.